The van der Waals surface area contributed by atoms with Gasteiger partial charge in [-0.3, -0.25) is 9.88 Å². The summed E-state index contributed by atoms with van der Waals surface area (Å²) in [6.45, 7) is 0.0530. The smallest absolute Gasteiger partial charge is 0.320 e. The number of imidazole rings is 1. The standard InChI is InChI=1S/C28H24N6O4/c35-12-21-20(36)10-22(38-21)34-14-32-25-26(30-13-31-27(25)34)33-28(37)29-11-18-7-6-17-5-4-15-2-1-3-16-8-9-19(18)24(17)23(15)16/h1-9,13-14,20-22,35-36H,10-12H2,(H2,29,30,31,33,37)/t20-,21+,22+/m0/s1. The highest BCUT2D eigenvalue weighted by molar-refractivity contribution is 6.23. The van der Waals surface area contributed by atoms with E-state index in [1.54, 1.807) is 4.57 Å². The Morgan fingerprint density at radius 3 is 2.55 bits per heavy atom. The lowest BCUT2D eigenvalue weighted by Crippen LogP contribution is -2.28. The van der Waals surface area contributed by atoms with E-state index in [0.29, 0.717) is 24.1 Å². The lowest BCUT2D eigenvalue weighted by atomic mass is 9.92. The van der Waals surface area contributed by atoms with Crippen LogP contribution in [-0.4, -0.2) is 54.6 Å². The number of hydrogen-bond acceptors (Lipinski definition) is 7. The molecule has 38 heavy (non-hydrogen) atoms. The van der Waals surface area contributed by atoms with Gasteiger partial charge in [0.15, 0.2) is 17.0 Å². The summed E-state index contributed by atoms with van der Waals surface area (Å²) in [5.41, 5.74) is 1.87. The van der Waals surface area contributed by atoms with Crippen LogP contribution < -0.4 is 10.6 Å². The third-order valence-corrected chi connectivity index (χ3v) is 7.34. The zero-order valence-corrected chi connectivity index (χ0v) is 20.2. The number of amides is 2. The molecular formula is C28H24N6O4. The maximum absolute atomic E-state index is 12.9. The Kier molecular flexibility index (Phi) is 5.32. The first kappa shape index (κ1) is 22.8. The second-order valence-corrected chi connectivity index (χ2v) is 9.55. The molecule has 0 unspecified atom stereocenters. The Morgan fingerprint density at radius 1 is 1.00 bits per heavy atom. The van der Waals surface area contributed by atoms with Crippen LogP contribution in [0.5, 0.6) is 0 Å². The number of fused-ring (bicyclic) bond motifs is 1. The van der Waals surface area contributed by atoms with Gasteiger partial charge in [0.25, 0.3) is 0 Å². The van der Waals surface area contributed by atoms with Crippen molar-refractivity contribution < 1.29 is 19.7 Å². The molecule has 0 spiro atoms. The molecule has 4 N–H and O–H groups in total. The Hall–Kier alpha value is -4.38. The molecule has 1 aliphatic rings. The van der Waals surface area contributed by atoms with Crippen LogP contribution in [0.3, 0.4) is 0 Å². The second kappa shape index (κ2) is 8.88. The van der Waals surface area contributed by atoms with Crippen LogP contribution in [0, 0.1) is 0 Å². The van der Waals surface area contributed by atoms with E-state index in [1.807, 2.05) is 6.07 Å². The molecular weight excluding hydrogens is 484 g/mol. The highest BCUT2D eigenvalue weighted by atomic mass is 16.5. The summed E-state index contributed by atoms with van der Waals surface area (Å²) in [5.74, 6) is 0.263. The normalized spacial score (nSPS) is 19.7. The topological polar surface area (TPSA) is 134 Å². The lowest BCUT2D eigenvalue weighted by molar-refractivity contribution is -0.0432. The fraction of sp³-hybridized carbons (Fsp3) is 0.214. The summed E-state index contributed by atoms with van der Waals surface area (Å²) in [4.78, 5) is 25.7. The van der Waals surface area contributed by atoms with E-state index < -0.39 is 24.5 Å². The van der Waals surface area contributed by atoms with Crippen LogP contribution in [0.25, 0.3) is 43.5 Å². The molecule has 4 aromatic carbocycles. The predicted octanol–water partition coefficient (Wildman–Crippen LogP) is 3.69. The van der Waals surface area contributed by atoms with Gasteiger partial charge in [-0.1, -0.05) is 54.6 Å². The van der Waals surface area contributed by atoms with Crippen LogP contribution >= 0.6 is 0 Å². The van der Waals surface area contributed by atoms with E-state index in [1.165, 1.54) is 39.6 Å². The van der Waals surface area contributed by atoms with Crippen LogP contribution in [0.1, 0.15) is 18.2 Å². The first-order valence-corrected chi connectivity index (χ1v) is 12.4. The first-order valence-electron chi connectivity index (χ1n) is 12.4. The average molecular weight is 509 g/mol. The third-order valence-electron chi connectivity index (χ3n) is 7.34. The molecule has 1 fully saturated rings. The lowest BCUT2D eigenvalue weighted by Gasteiger charge is -2.15. The molecule has 1 saturated heterocycles. The number of anilines is 1. The number of carbonyl (C=O) groups excluding carboxylic acids is 1. The number of aliphatic hydroxyl groups is 2. The van der Waals surface area contributed by atoms with Crippen LogP contribution in [0.2, 0.25) is 0 Å². The SMILES string of the molecule is O=C(NCc1ccc2ccc3cccc4ccc1c2c34)Nc1ncnc2c1ncn2[C@H]1C[C@H](O)[C@@H](CO)O1. The second-order valence-electron chi connectivity index (χ2n) is 9.55. The van der Waals surface area contributed by atoms with E-state index >= 15 is 0 Å². The fourth-order valence-corrected chi connectivity index (χ4v) is 5.48. The van der Waals surface area contributed by atoms with Gasteiger partial charge < -0.3 is 20.3 Å². The van der Waals surface area contributed by atoms with E-state index in [9.17, 15) is 15.0 Å². The van der Waals surface area contributed by atoms with Gasteiger partial charge in [0.1, 0.15) is 18.7 Å². The van der Waals surface area contributed by atoms with Gasteiger partial charge in [-0.05, 0) is 37.9 Å². The zero-order valence-electron chi connectivity index (χ0n) is 20.2. The van der Waals surface area contributed by atoms with Gasteiger partial charge in [-0.15, -0.1) is 0 Å². The number of urea groups is 1. The van der Waals surface area contributed by atoms with Crippen molar-refractivity contribution in [3.05, 3.63) is 72.8 Å². The van der Waals surface area contributed by atoms with Crippen LogP contribution in [0.4, 0.5) is 10.6 Å². The molecule has 7 rings (SSSR count). The summed E-state index contributed by atoms with van der Waals surface area (Å²) >= 11 is 0. The maximum Gasteiger partial charge on any atom is 0.320 e. The summed E-state index contributed by atoms with van der Waals surface area (Å²) in [7, 11) is 0. The third kappa shape index (κ3) is 3.61. The van der Waals surface area contributed by atoms with Crippen molar-refractivity contribution in [3.8, 4) is 0 Å². The molecule has 3 heterocycles. The van der Waals surface area contributed by atoms with Gasteiger partial charge in [0, 0.05) is 13.0 Å². The summed E-state index contributed by atoms with van der Waals surface area (Å²) in [5, 5.41) is 32.3. The van der Waals surface area contributed by atoms with Crippen LogP contribution in [-0.2, 0) is 11.3 Å². The van der Waals surface area contributed by atoms with Crippen molar-refractivity contribution in [3.63, 3.8) is 0 Å². The number of aromatic nitrogens is 4. The van der Waals surface area contributed by atoms with Crippen molar-refractivity contribution >= 4 is 55.3 Å². The number of ether oxygens (including phenoxy) is 1. The van der Waals surface area contributed by atoms with E-state index in [-0.39, 0.29) is 12.4 Å². The Bertz CT molecular complexity index is 1800. The molecule has 2 amide bonds. The molecule has 10 heteroatoms. The highest BCUT2D eigenvalue weighted by Crippen LogP contribution is 2.36. The fourth-order valence-electron chi connectivity index (χ4n) is 5.48. The number of aliphatic hydroxyl groups excluding tert-OH is 2. The molecule has 1 aliphatic heterocycles. The Labute approximate surface area is 216 Å². The van der Waals surface area contributed by atoms with Crippen molar-refractivity contribution in [2.24, 2.45) is 0 Å². The number of rotatable bonds is 5. The molecule has 0 saturated carbocycles. The minimum atomic E-state index is -0.785. The summed E-state index contributed by atoms with van der Waals surface area (Å²) < 4.78 is 7.39. The van der Waals surface area contributed by atoms with Crippen molar-refractivity contribution in [1.82, 2.24) is 24.8 Å². The average Bonchev–Trinajstić information content (AvgIpc) is 3.54. The maximum atomic E-state index is 12.9. The van der Waals surface area contributed by atoms with Gasteiger partial charge in [-0.25, -0.2) is 19.7 Å². The molecule has 190 valence electrons. The number of carbonyl (C=O) groups is 1. The molecule has 10 nitrogen and oxygen atoms in total. The number of hydrogen-bond donors (Lipinski definition) is 4. The molecule has 0 radical (unpaired) electrons. The van der Waals surface area contributed by atoms with E-state index in [2.05, 4.69) is 74.1 Å². The molecule has 3 atom stereocenters. The van der Waals surface area contributed by atoms with Gasteiger partial charge >= 0.3 is 6.03 Å². The quantitative estimate of drug-likeness (QED) is 0.261. The van der Waals surface area contributed by atoms with E-state index in [0.717, 1.165) is 10.9 Å². The number of benzene rings is 4. The van der Waals surface area contributed by atoms with E-state index in [4.69, 9.17) is 4.74 Å². The molecule has 2 aromatic heterocycles. The van der Waals surface area contributed by atoms with Gasteiger partial charge in [-0.2, -0.15) is 0 Å². The summed E-state index contributed by atoms with van der Waals surface area (Å²) in [6.07, 6.45) is 1.19. The van der Waals surface area contributed by atoms with Crippen molar-refractivity contribution in [2.45, 2.75) is 31.4 Å². The number of nitrogens with one attached hydrogen (secondary N) is 2. The van der Waals surface area contributed by atoms with Gasteiger partial charge in [0.05, 0.1) is 19.0 Å². The largest absolute Gasteiger partial charge is 0.394 e. The minimum absolute atomic E-state index is 0.263. The zero-order chi connectivity index (χ0) is 25.8. The van der Waals surface area contributed by atoms with Gasteiger partial charge in [0.2, 0.25) is 0 Å². The molecule has 0 bridgehead atoms. The van der Waals surface area contributed by atoms with Crippen molar-refractivity contribution in [1.29, 1.82) is 0 Å². The molecule has 6 aromatic rings. The Morgan fingerprint density at radius 2 is 1.76 bits per heavy atom. The molecule has 0 aliphatic carbocycles. The monoisotopic (exact) mass is 508 g/mol. The Balaban J connectivity index is 1.12. The number of nitrogens with zero attached hydrogens (tertiary/aromatic N) is 4. The predicted molar refractivity (Wildman–Crippen MR) is 143 cm³/mol. The van der Waals surface area contributed by atoms with Crippen molar-refractivity contribution in [2.75, 3.05) is 11.9 Å². The summed E-state index contributed by atoms with van der Waals surface area (Å²) in [6, 6.07) is 18.5. The van der Waals surface area contributed by atoms with Crippen LogP contribution in [0.15, 0.2) is 67.3 Å². The highest BCUT2D eigenvalue weighted by Gasteiger charge is 2.35. The minimum Gasteiger partial charge on any atom is -0.394 e. The first-order chi connectivity index (χ1) is 18.6.